The number of H-pyrrole nitrogens is 1. The number of aromatic nitrogens is 2. The highest BCUT2D eigenvalue weighted by Crippen LogP contribution is 2.12. The van der Waals surface area contributed by atoms with Gasteiger partial charge >= 0.3 is 0 Å². The molecular formula is C21H25N4O3S+. The van der Waals surface area contributed by atoms with Gasteiger partial charge in [-0.15, -0.1) is 0 Å². The van der Waals surface area contributed by atoms with Crippen LogP contribution in [0.2, 0.25) is 0 Å². The van der Waals surface area contributed by atoms with E-state index in [4.69, 9.17) is 0 Å². The Morgan fingerprint density at radius 2 is 1.72 bits per heavy atom. The number of para-hydroxylation sites is 1. The lowest BCUT2D eigenvalue weighted by Gasteiger charge is -2.34. The van der Waals surface area contributed by atoms with Gasteiger partial charge in [-0.1, -0.05) is 42.5 Å². The Morgan fingerprint density at radius 3 is 2.45 bits per heavy atom. The van der Waals surface area contributed by atoms with Gasteiger partial charge in [0.25, 0.3) is 5.56 Å². The van der Waals surface area contributed by atoms with E-state index in [2.05, 4.69) is 9.97 Å². The maximum Gasteiger partial charge on any atom is 0.258 e. The third-order valence-electron chi connectivity index (χ3n) is 5.60. The van der Waals surface area contributed by atoms with Crippen LogP contribution in [0, 0.1) is 0 Å². The number of quaternary nitrogens is 1. The molecule has 4 rings (SSSR count). The van der Waals surface area contributed by atoms with Gasteiger partial charge in [-0.25, -0.2) is 13.4 Å². The van der Waals surface area contributed by atoms with Crippen molar-refractivity contribution in [3.05, 3.63) is 76.3 Å². The molecule has 2 heterocycles. The summed E-state index contributed by atoms with van der Waals surface area (Å²) in [4.78, 5) is 21.1. The zero-order valence-electron chi connectivity index (χ0n) is 16.3. The SMILES string of the molecule is C[C@@H](c1nc2ccccc2c(=O)[nH]1)[NH+]1CCN(S(=O)(=O)Cc2ccccc2)CC1. The molecule has 1 aliphatic rings. The lowest BCUT2D eigenvalue weighted by atomic mass is 10.2. The number of aromatic amines is 1. The highest BCUT2D eigenvalue weighted by Gasteiger charge is 2.32. The molecule has 0 spiro atoms. The van der Waals surface area contributed by atoms with Crippen LogP contribution in [0.25, 0.3) is 10.9 Å². The number of nitrogens with zero attached hydrogens (tertiary/aromatic N) is 2. The van der Waals surface area contributed by atoms with Crippen molar-refractivity contribution in [3.8, 4) is 0 Å². The Morgan fingerprint density at radius 1 is 1.07 bits per heavy atom. The van der Waals surface area contributed by atoms with E-state index in [9.17, 15) is 13.2 Å². The minimum atomic E-state index is -3.34. The van der Waals surface area contributed by atoms with Crippen molar-refractivity contribution in [3.63, 3.8) is 0 Å². The molecule has 8 heteroatoms. The number of hydrogen-bond donors (Lipinski definition) is 2. The van der Waals surface area contributed by atoms with E-state index in [1.54, 1.807) is 10.4 Å². The summed E-state index contributed by atoms with van der Waals surface area (Å²) in [5.74, 6) is 0.669. The van der Waals surface area contributed by atoms with E-state index in [1.165, 1.54) is 4.90 Å². The van der Waals surface area contributed by atoms with Crippen molar-refractivity contribution in [2.45, 2.75) is 18.7 Å². The molecule has 1 aromatic heterocycles. The first kappa shape index (κ1) is 19.8. The lowest BCUT2D eigenvalue weighted by molar-refractivity contribution is -0.933. The third-order valence-corrected chi connectivity index (χ3v) is 7.45. The summed E-state index contributed by atoms with van der Waals surface area (Å²) in [6.07, 6.45) is 0. The van der Waals surface area contributed by atoms with Gasteiger partial charge in [-0.05, 0) is 24.6 Å². The maximum absolute atomic E-state index is 12.7. The van der Waals surface area contributed by atoms with Gasteiger partial charge in [0.05, 0.1) is 42.8 Å². The molecule has 1 atom stereocenters. The molecule has 29 heavy (non-hydrogen) atoms. The van der Waals surface area contributed by atoms with Gasteiger partial charge in [-0.2, -0.15) is 4.31 Å². The number of hydrogen-bond acceptors (Lipinski definition) is 4. The normalized spacial score (nSPS) is 17.4. The largest absolute Gasteiger partial charge is 0.324 e. The van der Waals surface area contributed by atoms with Crippen LogP contribution in [-0.4, -0.2) is 48.9 Å². The second-order valence-electron chi connectivity index (χ2n) is 7.49. The predicted octanol–water partition coefficient (Wildman–Crippen LogP) is 0.715. The Kier molecular flexibility index (Phi) is 5.49. The number of rotatable bonds is 5. The van der Waals surface area contributed by atoms with Gasteiger partial charge in [0.2, 0.25) is 10.0 Å². The molecule has 7 nitrogen and oxygen atoms in total. The molecule has 0 radical (unpaired) electrons. The molecule has 0 saturated carbocycles. The van der Waals surface area contributed by atoms with Crippen LogP contribution in [0.4, 0.5) is 0 Å². The van der Waals surface area contributed by atoms with Crippen molar-refractivity contribution in [2.24, 2.45) is 0 Å². The molecule has 0 bridgehead atoms. The summed E-state index contributed by atoms with van der Waals surface area (Å²) >= 11 is 0. The Bertz CT molecular complexity index is 1150. The van der Waals surface area contributed by atoms with Crippen LogP contribution in [0.3, 0.4) is 0 Å². The van der Waals surface area contributed by atoms with Crippen molar-refractivity contribution in [1.29, 1.82) is 0 Å². The van der Waals surface area contributed by atoms with Crippen molar-refractivity contribution in [2.75, 3.05) is 26.2 Å². The fourth-order valence-electron chi connectivity index (χ4n) is 3.86. The van der Waals surface area contributed by atoms with Crippen LogP contribution in [0.1, 0.15) is 24.4 Å². The Labute approximate surface area is 170 Å². The summed E-state index contributed by atoms with van der Waals surface area (Å²) in [5.41, 5.74) is 1.34. The van der Waals surface area contributed by atoms with Gasteiger partial charge in [0, 0.05) is 0 Å². The van der Waals surface area contributed by atoms with Crippen molar-refractivity contribution < 1.29 is 13.3 Å². The number of fused-ring (bicyclic) bond motifs is 1. The standard InChI is InChI=1S/C21H24N4O3S/c1-16(20-22-19-10-6-5-9-18(19)21(26)23-20)24-11-13-25(14-12-24)29(27,28)15-17-7-3-2-4-8-17/h2-10,16H,11-15H2,1H3,(H,22,23,26)/p+1/t16-/m0/s1. The smallest absolute Gasteiger partial charge is 0.258 e. The number of nitrogens with one attached hydrogen (secondary N) is 2. The molecule has 0 amide bonds. The Hall–Kier alpha value is -2.55. The van der Waals surface area contributed by atoms with E-state index >= 15 is 0 Å². The van der Waals surface area contributed by atoms with Gasteiger partial charge in [0.15, 0.2) is 5.82 Å². The zero-order valence-corrected chi connectivity index (χ0v) is 17.2. The van der Waals surface area contributed by atoms with Crippen LogP contribution in [-0.2, 0) is 15.8 Å². The van der Waals surface area contributed by atoms with Gasteiger partial charge < -0.3 is 9.88 Å². The molecule has 3 aromatic rings. The fourth-order valence-corrected chi connectivity index (χ4v) is 5.40. The number of sulfonamides is 1. The second-order valence-corrected chi connectivity index (χ2v) is 9.46. The minimum Gasteiger partial charge on any atom is -0.324 e. The molecule has 1 saturated heterocycles. The molecule has 0 unspecified atom stereocenters. The van der Waals surface area contributed by atoms with Gasteiger partial charge in [0.1, 0.15) is 6.04 Å². The molecule has 2 N–H and O–H groups in total. The van der Waals surface area contributed by atoms with E-state index in [1.807, 2.05) is 55.5 Å². The molecular weight excluding hydrogens is 388 g/mol. The van der Waals surface area contributed by atoms with Crippen molar-refractivity contribution in [1.82, 2.24) is 14.3 Å². The molecule has 152 valence electrons. The fraction of sp³-hybridized carbons (Fsp3) is 0.333. The predicted molar refractivity (Wildman–Crippen MR) is 112 cm³/mol. The number of piperazine rings is 1. The van der Waals surface area contributed by atoms with Crippen LogP contribution < -0.4 is 10.5 Å². The van der Waals surface area contributed by atoms with Crippen LogP contribution in [0.5, 0.6) is 0 Å². The Balaban J connectivity index is 1.45. The summed E-state index contributed by atoms with van der Waals surface area (Å²) in [5, 5.41) is 0.579. The summed E-state index contributed by atoms with van der Waals surface area (Å²) in [7, 11) is -3.34. The quantitative estimate of drug-likeness (QED) is 0.645. The molecule has 2 aromatic carbocycles. The molecule has 0 aliphatic carbocycles. The summed E-state index contributed by atoms with van der Waals surface area (Å²) in [6.45, 7) is 4.30. The average Bonchev–Trinajstić information content (AvgIpc) is 2.74. The first-order chi connectivity index (χ1) is 13.9. The van der Waals surface area contributed by atoms with E-state index in [0.29, 0.717) is 42.9 Å². The maximum atomic E-state index is 12.7. The lowest BCUT2D eigenvalue weighted by Crippen LogP contribution is -3.14. The summed E-state index contributed by atoms with van der Waals surface area (Å²) < 4.78 is 27.1. The van der Waals surface area contributed by atoms with E-state index in [-0.39, 0.29) is 17.4 Å². The van der Waals surface area contributed by atoms with E-state index in [0.717, 1.165) is 5.56 Å². The molecule has 1 aliphatic heterocycles. The van der Waals surface area contributed by atoms with Crippen LogP contribution >= 0.6 is 0 Å². The average molecular weight is 414 g/mol. The molecule has 1 fully saturated rings. The van der Waals surface area contributed by atoms with E-state index < -0.39 is 10.0 Å². The first-order valence-electron chi connectivity index (χ1n) is 9.79. The first-order valence-corrected chi connectivity index (χ1v) is 11.4. The zero-order chi connectivity index (χ0) is 20.4. The topological polar surface area (TPSA) is 87.6 Å². The monoisotopic (exact) mass is 413 g/mol. The summed E-state index contributed by atoms with van der Waals surface area (Å²) in [6, 6.07) is 16.5. The van der Waals surface area contributed by atoms with Crippen LogP contribution in [0.15, 0.2) is 59.4 Å². The minimum absolute atomic E-state index is 0.0220. The number of benzene rings is 2. The second kappa shape index (κ2) is 8.06. The third kappa shape index (κ3) is 4.24. The van der Waals surface area contributed by atoms with Gasteiger partial charge in [-0.3, -0.25) is 4.79 Å². The highest BCUT2D eigenvalue weighted by atomic mass is 32.2. The highest BCUT2D eigenvalue weighted by molar-refractivity contribution is 7.88. The van der Waals surface area contributed by atoms with Crippen molar-refractivity contribution >= 4 is 20.9 Å².